The van der Waals surface area contributed by atoms with Crippen LogP contribution in [0.2, 0.25) is 0 Å². The quantitative estimate of drug-likeness (QED) is 0.0945. The van der Waals surface area contributed by atoms with Crippen molar-refractivity contribution in [1.82, 2.24) is 0 Å². The van der Waals surface area contributed by atoms with E-state index in [0.717, 1.165) is 160 Å². The molecule has 0 aromatic carbocycles. The molecule has 4 bridgehead atoms. The molecule has 7 nitrogen and oxygen atoms in total. The van der Waals surface area contributed by atoms with Gasteiger partial charge in [-0.1, -0.05) is 205 Å². The van der Waals surface area contributed by atoms with Gasteiger partial charge in [0.15, 0.2) is 0 Å². The Morgan fingerprint density at radius 3 is 1.71 bits per heavy atom. The maximum absolute atomic E-state index is 6.04. The van der Waals surface area contributed by atoms with Crippen LogP contribution in [0.5, 0.6) is 0 Å². The molecule has 0 saturated heterocycles. The molecule has 7 heteroatoms. The maximum atomic E-state index is 6.04. The number of hydrogen-bond acceptors (Lipinski definition) is 7. The smallest absolute Gasteiger partial charge is 0.0682 e. The molecule has 0 spiro atoms. The standard InChI is InChI=1S/C29H50O.C14H26O.C12H22O.2C12H24O.C10H18O.C9H18O/c1-7-30-23-15-17-28(5)22(19-23)11-12-24-26-14-13-25(21(4)10-8-9-20(2)3)29(26,6)18-16-27(24)28;1-2-15-14-11-7-6-10-13(14)12-8-4-3-5-9-12;1-5-13-10-11(2,3)9-6-7-12(10,4)8-9;1-5-13-11-8-6-10(7-9-11)12(2,3)4;1-5-13-12-8-10(4)6-7-11(12)9(2)3;1-2-11-7-10-6-8-3-4-9(10)5-8;1-2-10-8-9-6-4-3-5-7-9/h11,20-21,23-27H,7-10,12-19H2,1-6H3;12-14H,2-11H2,1H3;9-10H,5-8H2,1-4H3;10-11H,5-9H2,1-4H3;9-12H,5-8H2,1-4H3;8-10H,2-7H2,1H3;9H,2-8H2,1H3. The lowest BCUT2D eigenvalue weighted by Gasteiger charge is -2.58. The van der Waals surface area contributed by atoms with Crippen molar-refractivity contribution in [3.8, 4) is 0 Å². The number of hydrogen-bond donors (Lipinski definition) is 0. The van der Waals surface area contributed by atoms with Crippen LogP contribution in [0, 0.1) is 128 Å². The first-order valence-corrected chi connectivity index (χ1v) is 47.2. The van der Waals surface area contributed by atoms with Crippen molar-refractivity contribution in [3.05, 3.63) is 11.6 Å². The van der Waals surface area contributed by atoms with Gasteiger partial charge in [-0.25, -0.2) is 0 Å². The van der Waals surface area contributed by atoms with Gasteiger partial charge in [0, 0.05) is 59.5 Å². The third-order valence-corrected chi connectivity index (χ3v) is 31.9. The van der Waals surface area contributed by atoms with Crippen LogP contribution in [0.3, 0.4) is 0 Å². The van der Waals surface area contributed by atoms with Crippen molar-refractivity contribution in [2.75, 3.05) is 59.5 Å². The van der Waals surface area contributed by atoms with Gasteiger partial charge in [0.2, 0.25) is 0 Å². The molecule has 0 aliphatic heterocycles. The highest BCUT2D eigenvalue weighted by atomic mass is 16.5. The molecule has 0 N–H and O–H groups in total. The first-order valence-electron chi connectivity index (χ1n) is 47.2. The van der Waals surface area contributed by atoms with Crippen LogP contribution < -0.4 is 0 Å². The summed E-state index contributed by atoms with van der Waals surface area (Å²) in [6.45, 7) is 57.0. The van der Waals surface area contributed by atoms with Crippen molar-refractivity contribution >= 4 is 0 Å². The van der Waals surface area contributed by atoms with Crippen molar-refractivity contribution < 1.29 is 33.2 Å². The lowest BCUT2D eigenvalue weighted by Crippen LogP contribution is -2.51. The lowest BCUT2D eigenvalue weighted by atomic mass is 9.47. The molecule has 616 valence electrons. The number of rotatable bonds is 23. The predicted molar refractivity (Wildman–Crippen MR) is 449 cm³/mol. The van der Waals surface area contributed by atoms with Crippen molar-refractivity contribution in [2.24, 2.45) is 128 Å². The Morgan fingerprint density at radius 1 is 0.495 bits per heavy atom. The second-order valence-electron chi connectivity index (χ2n) is 41.1. The average Bonchev–Trinajstić information content (AvgIpc) is 1.66. The first-order chi connectivity index (χ1) is 50.2. The summed E-state index contributed by atoms with van der Waals surface area (Å²) in [7, 11) is 0. The van der Waals surface area contributed by atoms with Crippen LogP contribution in [0.25, 0.3) is 0 Å². The highest BCUT2D eigenvalue weighted by Gasteiger charge is 2.61. The van der Waals surface area contributed by atoms with Crippen molar-refractivity contribution in [2.45, 2.75) is 426 Å². The molecule has 19 unspecified atom stereocenters. The Balaban J connectivity index is 0.000000178. The van der Waals surface area contributed by atoms with E-state index in [1.165, 1.54) is 250 Å². The minimum absolute atomic E-state index is 0.420. The zero-order valence-electron chi connectivity index (χ0n) is 74.1. The Morgan fingerprint density at radius 2 is 1.12 bits per heavy atom. The summed E-state index contributed by atoms with van der Waals surface area (Å²) in [6.07, 6.45) is 60.5. The SMILES string of the molecule is CCOC1C2(C)CCC(C2)C1(C)C.CCOC1CC(C)CCC1C(C)C.CCOC1CCC(C(C)(C)C)CC1.CCOC1CCC2(C)C(=CCC3C2CCC2(C)C(C(C)CCCC(C)C)CCC32)C1.CCOC1CCCCC1C1CCCCC1.CCOCC1CC2CCC1C2.CCOCC1CCCCC1. The van der Waals surface area contributed by atoms with E-state index in [1.54, 1.807) is 5.57 Å². The van der Waals surface area contributed by atoms with E-state index in [2.05, 4.69) is 151 Å². The normalized spacial score (nSPS) is 37.9. The lowest BCUT2D eigenvalue weighted by molar-refractivity contribution is -0.0840. The fraction of sp³-hybridized carbons (Fsp3) is 0.980. The molecule has 12 fully saturated rings. The molecule has 0 amide bonds. The molecule has 0 heterocycles. The Kier molecular flexibility index (Phi) is 39.7. The third-order valence-electron chi connectivity index (χ3n) is 31.9. The summed E-state index contributed by atoms with van der Waals surface area (Å²) >= 11 is 0. The predicted octanol–water partition coefficient (Wildman–Crippen LogP) is 28.0. The second-order valence-corrected chi connectivity index (χ2v) is 41.1. The summed E-state index contributed by atoms with van der Waals surface area (Å²) < 4.78 is 40.3. The molecule has 0 aromatic heterocycles. The van der Waals surface area contributed by atoms with Gasteiger partial charge >= 0.3 is 0 Å². The second kappa shape index (κ2) is 45.5. The average molecular weight is 1470 g/mol. The van der Waals surface area contributed by atoms with Gasteiger partial charge in [-0.3, -0.25) is 0 Å². The zero-order valence-corrected chi connectivity index (χ0v) is 74.1. The molecule has 13 aliphatic carbocycles. The van der Waals surface area contributed by atoms with E-state index < -0.39 is 0 Å². The Bertz CT molecular complexity index is 2300. The van der Waals surface area contributed by atoms with Crippen LogP contribution in [-0.2, 0) is 33.2 Å². The highest BCUT2D eigenvalue weighted by Crippen LogP contribution is 2.68. The molecular weight excluding hydrogens is 1290 g/mol. The number of allylic oxidation sites excluding steroid dienone is 1. The molecule has 13 aliphatic rings. The number of ether oxygens (including phenoxy) is 7. The van der Waals surface area contributed by atoms with Gasteiger partial charge < -0.3 is 33.2 Å². The fourth-order valence-corrected chi connectivity index (χ4v) is 25.9. The van der Waals surface area contributed by atoms with Gasteiger partial charge in [0.25, 0.3) is 0 Å². The van der Waals surface area contributed by atoms with Gasteiger partial charge in [-0.15, -0.1) is 0 Å². The summed E-state index contributed by atoms with van der Waals surface area (Å²) in [6, 6.07) is 0. The Labute approximate surface area is 654 Å². The van der Waals surface area contributed by atoms with E-state index in [0.29, 0.717) is 57.6 Å². The van der Waals surface area contributed by atoms with Gasteiger partial charge in [-0.05, 0) is 330 Å². The summed E-state index contributed by atoms with van der Waals surface area (Å²) in [5, 5.41) is 0. The van der Waals surface area contributed by atoms with Crippen molar-refractivity contribution in [1.29, 1.82) is 0 Å². The Hall–Kier alpha value is -0.540. The van der Waals surface area contributed by atoms with Gasteiger partial charge in [-0.2, -0.15) is 0 Å². The minimum atomic E-state index is 0.420. The zero-order chi connectivity index (χ0) is 76.4. The van der Waals surface area contributed by atoms with E-state index in [1.807, 2.05) is 0 Å². The van der Waals surface area contributed by atoms with Crippen LogP contribution >= 0.6 is 0 Å². The summed E-state index contributed by atoms with van der Waals surface area (Å²) in [4.78, 5) is 0. The monoisotopic (exact) mass is 1470 g/mol. The van der Waals surface area contributed by atoms with Crippen molar-refractivity contribution in [3.63, 3.8) is 0 Å². The molecular formula is C98H182O7. The van der Waals surface area contributed by atoms with E-state index in [4.69, 9.17) is 33.2 Å². The highest BCUT2D eigenvalue weighted by molar-refractivity contribution is 5.25. The van der Waals surface area contributed by atoms with Crippen LogP contribution in [-0.4, -0.2) is 90.0 Å². The molecule has 13 rings (SSSR count). The topological polar surface area (TPSA) is 64.6 Å². The van der Waals surface area contributed by atoms with E-state index >= 15 is 0 Å². The van der Waals surface area contributed by atoms with Crippen LogP contribution in [0.1, 0.15) is 396 Å². The fourth-order valence-electron chi connectivity index (χ4n) is 25.9. The first kappa shape index (κ1) is 91.6. The molecule has 0 radical (unpaired) electrons. The van der Waals surface area contributed by atoms with Crippen LogP contribution in [0.15, 0.2) is 11.6 Å². The largest absolute Gasteiger partial charge is 0.381 e. The van der Waals surface area contributed by atoms with Gasteiger partial charge in [0.05, 0.1) is 30.5 Å². The van der Waals surface area contributed by atoms with E-state index in [9.17, 15) is 0 Å². The third kappa shape index (κ3) is 26.5. The minimum Gasteiger partial charge on any atom is -0.381 e. The summed E-state index contributed by atoms with van der Waals surface area (Å²) in [5.74, 6) is 15.7. The molecule has 0 aromatic rings. The number of fused-ring (bicyclic) bond motifs is 9. The van der Waals surface area contributed by atoms with Gasteiger partial charge in [0.1, 0.15) is 0 Å². The molecule has 19 atom stereocenters. The molecule has 105 heavy (non-hydrogen) atoms. The molecule has 12 saturated carbocycles. The maximum Gasteiger partial charge on any atom is 0.0682 e. The summed E-state index contributed by atoms with van der Waals surface area (Å²) in [5.41, 5.74) is 4.26. The van der Waals surface area contributed by atoms with Crippen LogP contribution in [0.4, 0.5) is 0 Å². The van der Waals surface area contributed by atoms with E-state index in [-0.39, 0.29) is 0 Å².